The highest BCUT2D eigenvalue weighted by molar-refractivity contribution is 5.24. The molecular weight excluding hydrogens is 186 g/mol. The van der Waals surface area contributed by atoms with Crippen molar-refractivity contribution < 1.29 is 8.78 Å². The Hall–Kier alpha value is -1.19. The first kappa shape index (κ1) is 10.9. The highest BCUT2D eigenvalue weighted by atomic mass is 19.3. The summed E-state index contributed by atoms with van der Waals surface area (Å²) in [5, 5.41) is 1.33. The highest BCUT2D eigenvalue weighted by Crippen LogP contribution is 2.22. The van der Waals surface area contributed by atoms with Crippen LogP contribution in [0.3, 0.4) is 0 Å². The van der Waals surface area contributed by atoms with Crippen LogP contribution in [0.15, 0.2) is 0 Å². The zero-order chi connectivity index (χ0) is 10.9. The van der Waals surface area contributed by atoms with E-state index in [0.29, 0.717) is 5.35 Å². The lowest BCUT2D eigenvalue weighted by molar-refractivity contribution is 0.00477. The van der Waals surface area contributed by atoms with E-state index >= 15 is 0 Å². The number of nitrogens with zero attached hydrogens (tertiary/aromatic N) is 2. The minimum atomic E-state index is -2.90. The third-order valence-electron chi connectivity index (χ3n) is 2.11. The maximum absolute atomic E-state index is 13.1. The molecule has 0 aliphatic carbocycles. The standard InChI is InChI=1S/C10H14F2N2/c1-5-7-8(6-2)14(4)9(13-7)10(3,11)12/h5-6H,1-4H3/b7-5+,8-6+. The minimum Gasteiger partial charge on any atom is -0.326 e. The quantitative estimate of drug-likeness (QED) is 0.664. The van der Waals surface area contributed by atoms with Crippen molar-refractivity contribution in [2.75, 3.05) is 0 Å². The number of imidazole rings is 1. The van der Waals surface area contributed by atoms with Gasteiger partial charge in [-0.25, -0.2) is 4.98 Å². The van der Waals surface area contributed by atoms with Gasteiger partial charge in [0.25, 0.3) is 0 Å². The Bertz CT molecular complexity index is 438. The largest absolute Gasteiger partial charge is 0.326 e. The molecule has 1 rings (SSSR count). The molecule has 0 atom stereocenters. The second-order valence-corrected chi connectivity index (χ2v) is 3.23. The van der Waals surface area contributed by atoms with Gasteiger partial charge < -0.3 is 4.57 Å². The molecule has 0 N–H and O–H groups in total. The molecule has 0 fully saturated rings. The summed E-state index contributed by atoms with van der Waals surface area (Å²) >= 11 is 0. The van der Waals surface area contributed by atoms with Gasteiger partial charge in [-0.1, -0.05) is 12.2 Å². The molecule has 0 bridgehead atoms. The maximum Gasteiger partial charge on any atom is 0.302 e. The first-order valence-corrected chi connectivity index (χ1v) is 4.45. The second kappa shape index (κ2) is 3.52. The summed E-state index contributed by atoms with van der Waals surface area (Å²) in [6, 6.07) is 0. The third-order valence-corrected chi connectivity index (χ3v) is 2.11. The van der Waals surface area contributed by atoms with E-state index in [0.717, 1.165) is 12.3 Å². The van der Waals surface area contributed by atoms with E-state index in [-0.39, 0.29) is 5.82 Å². The molecule has 14 heavy (non-hydrogen) atoms. The van der Waals surface area contributed by atoms with Crippen LogP contribution in [-0.4, -0.2) is 9.55 Å². The van der Waals surface area contributed by atoms with Crippen molar-refractivity contribution in [2.45, 2.75) is 26.7 Å². The van der Waals surface area contributed by atoms with E-state index in [4.69, 9.17) is 0 Å². The van der Waals surface area contributed by atoms with E-state index < -0.39 is 5.92 Å². The van der Waals surface area contributed by atoms with Gasteiger partial charge in [0.2, 0.25) is 0 Å². The summed E-state index contributed by atoms with van der Waals surface area (Å²) in [6.45, 7) is 4.45. The SMILES string of the molecule is C/C=c1/nc(C(C)(F)F)n(C)/c1=C/C. The van der Waals surface area contributed by atoms with Crippen molar-refractivity contribution in [2.24, 2.45) is 7.05 Å². The van der Waals surface area contributed by atoms with E-state index in [1.54, 1.807) is 26.1 Å². The van der Waals surface area contributed by atoms with Crippen LogP contribution in [-0.2, 0) is 13.0 Å². The van der Waals surface area contributed by atoms with Crippen molar-refractivity contribution in [3.8, 4) is 0 Å². The zero-order valence-electron chi connectivity index (χ0n) is 8.81. The number of aromatic nitrogens is 2. The Kier molecular flexibility index (Phi) is 2.73. The molecule has 0 aliphatic rings. The van der Waals surface area contributed by atoms with Crippen molar-refractivity contribution >= 4 is 12.2 Å². The second-order valence-electron chi connectivity index (χ2n) is 3.23. The van der Waals surface area contributed by atoms with E-state index in [1.807, 2.05) is 6.92 Å². The van der Waals surface area contributed by atoms with E-state index in [2.05, 4.69) is 4.98 Å². The summed E-state index contributed by atoms with van der Waals surface area (Å²) in [4.78, 5) is 3.90. The summed E-state index contributed by atoms with van der Waals surface area (Å²) in [7, 11) is 1.60. The molecule has 0 aliphatic heterocycles. The maximum atomic E-state index is 13.1. The van der Waals surface area contributed by atoms with Crippen LogP contribution in [0.5, 0.6) is 0 Å². The van der Waals surface area contributed by atoms with Gasteiger partial charge in [-0.2, -0.15) is 8.78 Å². The Morgan fingerprint density at radius 2 is 1.86 bits per heavy atom. The van der Waals surface area contributed by atoms with Gasteiger partial charge in [0.05, 0.1) is 10.7 Å². The van der Waals surface area contributed by atoms with Gasteiger partial charge in [0.15, 0.2) is 5.82 Å². The van der Waals surface area contributed by atoms with Crippen molar-refractivity contribution in [1.82, 2.24) is 9.55 Å². The molecule has 0 spiro atoms. The van der Waals surface area contributed by atoms with Crippen molar-refractivity contribution in [1.29, 1.82) is 0 Å². The number of hydrogen-bond donors (Lipinski definition) is 0. The molecule has 0 radical (unpaired) electrons. The number of alkyl halides is 2. The average molecular weight is 200 g/mol. The Balaban J connectivity index is 3.62. The molecule has 4 heteroatoms. The van der Waals surface area contributed by atoms with Crippen LogP contribution < -0.4 is 10.7 Å². The van der Waals surface area contributed by atoms with Gasteiger partial charge in [0, 0.05) is 14.0 Å². The van der Waals surface area contributed by atoms with Crippen LogP contribution in [0, 0.1) is 0 Å². The summed E-state index contributed by atoms with van der Waals surface area (Å²) in [6.07, 6.45) is 3.50. The van der Waals surface area contributed by atoms with Gasteiger partial charge in [-0.05, 0) is 13.8 Å². The molecule has 78 valence electrons. The zero-order valence-corrected chi connectivity index (χ0v) is 8.81. The lowest BCUT2D eigenvalue weighted by Gasteiger charge is -2.08. The number of halogens is 2. The van der Waals surface area contributed by atoms with Crippen LogP contribution in [0.2, 0.25) is 0 Å². The van der Waals surface area contributed by atoms with Crippen LogP contribution in [0.1, 0.15) is 26.6 Å². The third kappa shape index (κ3) is 1.69. The van der Waals surface area contributed by atoms with E-state index in [9.17, 15) is 8.78 Å². The van der Waals surface area contributed by atoms with Gasteiger partial charge >= 0.3 is 5.92 Å². The molecule has 1 aromatic heterocycles. The fourth-order valence-electron chi connectivity index (χ4n) is 1.48. The molecule has 0 unspecified atom stereocenters. The Labute approximate surface area is 81.6 Å². The minimum absolute atomic E-state index is 0.196. The monoisotopic (exact) mass is 200 g/mol. The summed E-state index contributed by atoms with van der Waals surface area (Å²) in [5.74, 6) is -3.09. The van der Waals surface area contributed by atoms with Crippen LogP contribution in [0.25, 0.3) is 12.2 Å². The summed E-state index contributed by atoms with van der Waals surface area (Å²) < 4.78 is 27.6. The van der Waals surface area contributed by atoms with Gasteiger partial charge in [-0.15, -0.1) is 0 Å². The van der Waals surface area contributed by atoms with Crippen molar-refractivity contribution in [3.63, 3.8) is 0 Å². The van der Waals surface area contributed by atoms with Crippen molar-refractivity contribution in [3.05, 3.63) is 16.5 Å². The molecule has 0 saturated carbocycles. The normalized spacial score (nSPS) is 15.3. The predicted octanol–water partition coefficient (Wildman–Crippen LogP) is 1.13. The number of rotatable bonds is 1. The first-order chi connectivity index (χ1) is 6.41. The van der Waals surface area contributed by atoms with Gasteiger partial charge in [-0.3, -0.25) is 0 Å². The Morgan fingerprint density at radius 3 is 2.14 bits per heavy atom. The highest BCUT2D eigenvalue weighted by Gasteiger charge is 2.29. The molecule has 0 aromatic carbocycles. The molecule has 0 amide bonds. The fourth-order valence-corrected chi connectivity index (χ4v) is 1.48. The van der Waals surface area contributed by atoms with Crippen LogP contribution >= 0.6 is 0 Å². The molecule has 1 aromatic rings. The smallest absolute Gasteiger partial charge is 0.302 e. The molecule has 1 heterocycles. The molecule has 2 nitrogen and oxygen atoms in total. The predicted molar refractivity (Wildman–Crippen MR) is 52.3 cm³/mol. The lowest BCUT2D eigenvalue weighted by atomic mass is 10.4. The van der Waals surface area contributed by atoms with Crippen LogP contribution in [0.4, 0.5) is 8.78 Å². The summed E-state index contributed by atoms with van der Waals surface area (Å²) in [5.41, 5.74) is 0. The Morgan fingerprint density at radius 1 is 1.29 bits per heavy atom. The lowest BCUT2D eigenvalue weighted by Crippen LogP contribution is -2.28. The molecular formula is C10H14F2N2. The first-order valence-electron chi connectivity index (χ1n) is 4.45. The average Bonchev–Trinajstić information content (AvgIpc) is 2.40. The fraction of sp³-hybridized carbons (Fsp3) is 0.500. The topological polar surface area (TPSA) is 17.8 Å². The number of hydrogen-bond acceptors (Lipinski definition) is 1. The van der Waals surface area contributed by atoms with E-state index in [1.165, 1.54) is 4.57 Å². The van der Waals surface area contributed by atoms with Gasteiger partial charge in [0.1, 0.15) is 0 Å². The molecule has 0 saturated heterocycles.